The Labute approximate surface area is 101 Å². The van der Waals surface area contributed by atoms with E-state index in [0.29, 0.717) is 23.4 Å². The third-order valence-electron chi connectivity index (χ3n) is 3.22. The molecule has 3 N–H and O–H groups in total. The van der Waals surface area contributed by atoms with Gasteiger partial charge in [-0.15, -0.1) is 0 Å². The van der Waals surface area contributed by atoms with Crippen molar-refractivity contribution in [1.82, 2.24) is 14.9 Å². The largest absolute Gasteiger partial charge is 0.479 e. The number of nitrogens with one attached hydrogen (secondary N) is 1. The summed E-state index contributed by atoms with van der Waals surface area (Å²) in [6, 6.07) is 0.551. The standard InChI is InChI=1S/C11H19N5O/c1-16-5-3-4-8(16)6-13-10-9(12)11(17-2)15-7-14-10/h7-8H,3-6,12H2,1-2H3,(H,13,14,15). The lowest BCUT2D eigenvalue weighted by molar-refractivity contribution is 0.322. The number of nitrogens with two attached hydrogens (primary N) is 1. The molecule has 17 heavy (non-hydrogen) atoms. The van der Waals surface area contributed by atoms with Gasteiger partial charge in [-0.1, -0.05) is 0 Å². The first-order chi connectivity index (χ1) is 8.22. The fourth-order valence-electron chi connectivity index (χ4n) is 2.13. The molecule has 1 fully saturated rings. The summed E-state index contributed by atoms with van der Waals surface area (Å²) in [7, 11) is 3.69. The van der Waals surface area contributed by atoms with Crippen LogP contribution in [0.1, 0.15) is 12.8 Å². The van der Waals surface area contributed by atoms with E-state index >= 15 is 0 Å². The molecular weight excluding hydrogens is 218 g/mol. The number of hydrogen-bond donors (Lipinski definition) is 2. The van der Waals surface area contributed by atoms with Crippen molar-refractivity contribution in [1.29, 1.82) is 0 Å². The van der Waals surface area contributed by atoms with Gasteiger partial charge in [0.15, 0.2) is 5.82 Å². The van der Waals surface area contributed by atoms with Crippen LogP contribution in [0, 0.1) is 0 Å². The summed E-state index contributed by atoms with van der Waals surface area (Å²) in [6.45, 7) is 2.01. The van der Waals surface area contributed by atoms with Crippen LogP contribution >= 0.6 is 0 Å². The molecule has 0 amide bonds. The highest BCUT2D eigenvalue weighted by Crippen LogP contribution is 2.24. The van der Waals surface area contributed by atoms with E-state index in [2.05, 4.69) is 27.2 Å². The number of nitrogen functional groups attached to an aromatic ring is 1. The predicted molar refractivity (Wildman–Crippen MR) is 67.1 cm³/mol. The molecule has 6 heteroatoms. The second-order valence-corrected chi connectivity index (χ2v) is 4.30. The first-order valence-electron chi connectivity index (χ1n) is 5.81. The maximum atomic E-state index is 5.89. The molecule has 1 saturated heterocycles. The number of likely N-dealkylation sites (tertiary alicyclic amines) is 1. The molecule has 1 aliphatic heterocycles. The van der Waals surface area contributed by atoms with Gasteiger partial charge < -0.3 is 20.7 Å². The molecule has 1 aromatic heterocycles. The highest BCUT2D eigenvalue weighted by atomic mass is 16.5. The fourth-order valence-corrected chi connectivity index (χ4v) is 2.13. The summed E-state index contributed by atoms with van der Waals surface area (Å²) < 4.78 is 5.05. The highest BCUT2D eigenvalue weighted by Gasteiger charge is 2.21. The molecule has 1 atom stereocenters. The van der Waals surface area contributed by atoms with E-state index in [1.165, 1.54) is 19.2 Å². The number of methoxy groups -OCH3 is 1. The van der Waals surface area contributed by atoms with Crippen LogP contribution in [0.5, 0.6) is 5.88 Å². The molecule has 1 aromatic rings. The molecule has 1 aliphatic rings. The average Bonchev–Trinajstić information content (AvgIpc) is 2.74. The molecular formula is C11H19N5O. The molecule has 94 valence electrons. The van der Waals surface area contributed by atoms with Crippen LogP contribution in [-0.2, 0) is 0 Å². The van der Waals surface area contributed by atoms with Crippen LogP contribution in [0.3, 0.4) is 0 Å². The third kappa shape index (κ3) is 2.58. The first kappa shape index (κ1) is 11.9. The Kier molecular flexibility index (Phi) is 3.63. The van der Waals surface area contributed by atoms with Gasteiger partial charge >= 0.3 is 0 Å². The van der Waals surface area contributed by atoms with E-state index < -0.39 is 0 Å². The van der Waals surface area contributed by atoms with E-state index in [1.807, 2.05) is 0 Å². The maximum Gasteiger partial charge on any atom is 0.242 e. The zero-order valence-electron chi connectivity index (χ0n) is 10.3. The Hall–Kier alpha value is -1.56. The minimum Gasteiger partial charge on any atom is -0.479 e. The van der Waals surface area contributed by atoms with Crippen molar-refractivity contribution in [3.63, 3.8) is 0 Å². The van der Waals surface area contributed by atoms with Crippen molar-refractivity contribution in [2.45, 2.75) is 18.9 Å². The lowest BCUT2D eigenvalue weighted by Gasteiger charge is -2.20. The van der Waals surface area contributed by atoms with Crippen molar-refractivity contribution in [2.75, 3.05) is 38.3 Å². The number of ether oxygens (including phenoxy) is 1. The van der Waals surface area contributed by atoms with Crippen LogP contribution in [0.4, 0.5) is 11.5 Å². The minimum atomic E-state index is 0.419. The van der Waals surface area contributed by atoms with Crippen molar-refractivity contribution in [3.05, 3.63) is 6.33 Å². The van der Waals surface area contributed by atoms with Gasteiger partial charge in [-0.3, -0.25) is 0 Å². The van der Waals surface area contributed by atoms with Crippen molar-refractivity contribution >= 4 is 11.5 Å². The normalized spacial score (nSPS) is 20.5. The molecule has 0 radical (unpaired) electrons. The Morgan fingerprint density at radius 3 is 3.06 bits per heavy atom. The van der Waals surface area contributed by atoms with Crippen LogP contribution in [0.2, 0.25) is 0 Å². The lowest BCUT2D eigenvalue weighted by Crippen LogP contribution is -2.31. The van der Waals surface area contributed by atoms with Crippen LogP contribution in [0.25, 0.3) is 0 Å². The van der Waals surface area contributed by atoms with E-state index in [1.54, 1.807) is 7.11 Å². The monoisotopic (exact) mass is 237 g/mol. The first-order valence-corrected chi connectivity index (χ1v) is 5.81. The molecule has 0 aliphatic carbocycles. The Balaban J connectivity index is 1.99. The van der Waals surface area contributed by atoms with Crippen molar-refractivity contribution in [3.8, 4) is 5.88 Å². The predicted octanol–water partition coefficient (Wildman–Crippen LogP) is 0.573. The Morgan fingerprint density at radius 1 is 1.59 bits per heavy atom. The van der Waals surface area contributed by atoms with Gasteiger partial charge in [0.1, 0.15) is 12.0 Å². The average molecular weight is 237 g/mol. The molecule has 1 unspecified atom stereocenters. The molecule has 2 heterocycles. The zero-order chi connectivity index (χ0) is 12.3. The summed E-state index contributed by atoms with van der Waals surface area (Å²) in [6.07, 6.45) is 3.92. The molecule has 0 bridgehead atoms. The minimum absolute atomic E-state index is 0.419. The second kappa shape index (κ2) is 5.18. The third-order valence-corrected chi connectivity index (χ3v) is 3.22. The molecule has 2 rings (SSSR count). The molecule has 0 aromatic carbocycles. The van der Waals surface area contributed by atoms with Gasteiger partial charge in [-0.25, -0.2) is 4.98 Å². The Bertz CT molecular complexity index is 384. The van der Waals surface area contributed by atoms with Crippen molar-refractivity contribution in [2.24, 2.45) is 0 Å². The maximum absolute atomic E-state index is 5.89. The fraction of sp³-hybridized carbons (Fsp3) is 0.636. The zero-order valence-corrected chi connectivity index (χ0v) is 10.3. The van der Waals surface area contributed by atoms with Gasteiger partial charge in [0.05, 0.1) is 7.11 Å². The van der Waals surface area contributed by atoms with E-state index in [-0.39, 0.29) is 0 Å². The van der Waals surface area contributed by atoms with Gasteiger partial charge in [0, 0.05) is 12.6 Å². The smallest absolute Gasteiger partial charge is 0.242 e. The Morgan fingerprint density at radius 2 is 2.41 bits per heavy atom. The van der Waals surface area contributed by atoms with Crippen LogP contribution in [0.15, 0.2) is 6.33 Å². The quantitative estimate of drug-likeness (QED) is 0.797. The van der Waals surface area contributed by atoms with E-state index in [0.717, 1.165) is 13.1 Å². The van der Waals surface area contributed by atoms with E-state index in [9.17, 15) is 0 Å². The van der Waals surface area contributed by atoms with E-state index in [4.69, 9.17) is 10.5 Å². The SMILES string of the molecule is COc1ncnc(NCC2CCCN2C)c1N. The summed E-state index contributed by atoms with van der Waals surface area (Å²) in [5.74, 6) is 1.07. The second-order valence-electron chi connectivity index (χ2n) is 4.30. The van der Waals surface area contributed by atoms with Crippen molar-refractivity contribution < 1.29 is 4.74 Å². The number of rotatable bonds is 4. The summed E-state index contributed by atoms with van der Waals surface area (Å²) >= 11 is 0. The summed E-state index contributed by atoms with van der Waals surface area (Å²) in [5, 5.41) is 3.26. The molecule has 0 saturated carbocycles. The molecule has 6 nitrogen and oxygen atoms in total. The van der Waals surface area contributed by atoms with Gasteiger partial charge in [0.2, 0.25) is 5.88 Å². The topological polar surface area (TPSA) is 76.3 Å². The summed E-state index contributed by atoms with van der Waals surface area (Å²) in [5.41, 5.74) is 6.36. The number of aromatic nitrogens is 2. The number of anilines is 2. The summed E-state index contributed by atoms with van der Waals surface area (Å²) in [4.78, 5) is 10.4. The van der Waals surface area contributed by atoms with Crippen LogP contribution in [-0.4, -0.2) is 48.2 Å². The van der Waals surface area contributed by atoms with Gasteiger partial charge in [0.25, 0.3) is 0 Å². The highest BCUT2D eigenvalue weighted by molar-refractivity contribution is 5.66. The van der Waals surface area contributed by atoms with Gasteiger partial charge in [-0.05, 0) is 26.4 Å². The van der Waals surface area contributed by atoms with Gasteiger partial charge in [-0.2, -0.15) is 4.98 Å². The lowest BCUT2D eigenvalue weighted by atomic mass is 10.2. The number of nitrogens with zero attached hydrogens (tertiary/aromatic N) is 3. The molecule has 0 spiro atoms. The number of hydrogen-bond acceptors (Lipinski definition) is 6. The van der Waals surface area contributed by atoms with Crippen LogP contribution < -0.4 is 15.8 Å². The number of likely N-dealkylation sites (N-methyl/N-ethyl adjacent to an activating group) is 1.